The number of nitrogens with zero attached hydrogens (tertiary/aromatic N) is 4. The molecule has 2 N–H and O–H groups in total. The third kappa shape index (κ3) is 3.72. The summed E-state index contributed by atoms with van der Waals surface area (Å²) in [6.45, 7) is 0.997. The maximum Gasteiger partial charge on any atom is 0.175 e. The van der Waals surface area contributed by atoms with Gasteiger partial charge in [-0.25, -0.2) is 0 Å². The fourth-order valence-electron chi connectivity index (χ4n) is 3.13. The maximum absolute atomic E-state index is 5.35. The van der Waals surface area contributed by atoms with Crippen molar-refractivity contribution in [3.8, 4) is 11.4 Å². The van der Waals surface area contributed by atoms with Crippen LogP contribution in [0, 0.1) is 0 Å². The molecule has 3 heterocycles. The molecule has 0 spiro atoms. The quantitative estimate of drug-likeness (QED) is 0.688. The lowest BCUT2D eigenvalue weighted by Crippen LogP contribution is -2.19. The summed E-state index contributed by atoms with van der Waals surface area (Å²) in [6, 6.07) is 11.9. The molecule has 0 amide bonds. The zero-order valence-electron chi connectivity index (χ0n) is 14.4. The Kier molecular flexibility index (Phi) is 4.88. The number of hydrogen-bond acceptors (Lipinski definition) is 4. The van der Waals surface area contributed by atoms with Gasteiger partial charge in [0.25, 0.3) is 0 Å². The number of nitrogens with one attached hydrogen (secondary N) is 2. The minimum atomic E-state index is 0.530. The monoisotopic (exact) mass is 364 g/mol. The second kappa shape index (κ2) is 7.61. The van der Waals surface area contributed by atoms with E-state index in [1.807, 2.05) is 24.3 Å². The van der Waals surface area contributed by atoms with Crippen molar-refractivity contribution in [2.75, 3.05) is 10.6 Å². The fraction of sp³-hybridized carbons (Fsp3) is 0.263. The van der Waals surface area contributed by atoms with Gasteiger partial charge in [0.05, 0.1) is 11.9 Å². The molecule has 0 aliphatic carbocycles. The standard InChI is InChI=1S/C19H20N6S/c26-19(22-16-5-4-11-20-13-16)21-15-9-7-14(8-10-15)18-24-23-17-6-2-1-3-12-25(17)18/h4-5,7-11,13H,1-3,6,12H2,(H2,21,22,26). The normalized spacial score (nSPS) is 13.5. The number of hydrogen-bond donors (Lipinski definition) is 2. The maximum atomic E-state index is 5.35. The number of aromatic nitrogens is 4. The Morgan fingerprint density at radius 3 is 2.62 bits per heavy atom. The third-order valence-electron chi connectivity index (χ3n) is 4.43. The number of fused-ring (bicyclic) bond motifs is 1. The number of pyridine rings is 1. The molecule has 4 rings (SSSR count). The van der Waals surface area contributed by atoms with E-state index in [1.54, 1.807) is 12.4 Å². The lowest BCUT2D eigenvalue weighted by molar-refractivity contribution is 0.636. The van der Waals surface area contributed by atoms with Gasteiger partial charge in [0, 0.05) is 30.4 Å². The highest BCUT2D eigenvalue weighted by Crippen LogP contribution is 2.24. The van der Waals surface area contributed by atoms with Crippen LogP contribution in [0.5, 0.6) is 0 Å². The molecule has 2 aromatic heterocycles. The van der Waals surface area contributed by atoms with Crippen molar-refractivity contribution >= 4 is 28.7 Å². The first-order valence-electron chi connectivity index (χ1n) is 8.80. The van der Waals surface area contributed by atoms with Gasteiger partial charge in [-0.2, -0.15) is 0 Å². The Balaban J connectivity index is 1.46. The SMILES string of the molecule is S=C(Nc1ccc(-c2nnc3n2CCCCC3)cc1)Nc1cccnc1. The lowest BCUT2D eigenvalue weighted by atomic mass is 10.2. The van der Waals surface area contributed by atoms with Gasteiger partial charge < -0.3 is 15.2 Å². The molecule has 1 aromatic carbocycles. The zero-order chi connectivity index (χ0) is 17.8. The van der Waals surface area contributed by atoms with Crippen molar-refractivity contribution in [3.05, 3.63) is 54.6 Å². The molecule has 0 saturated carbocycles. The van der Waals surface area contributed by atoms with Gasteiger partial charge in [-0.05, 0) is 61.5 Å². The van der Waals surface area contributed by atoms with Gasteiger partial charge >= 0.3 is 0 Å². The summed E-state index contributed by atoms with van der Waals surface area (Å²) >= 11 is 5.35. The average molecular weight is 364 g/mol. The molecule has 1 aliphatic heterocycles. The highest BCUT2D eigenvalue weighted by atomic mass is 32.1. The molecule has 1 aliphatic rings. The van der Waals surface area contributed by atoms with Crippen LogP contribution < -0.4 is 10.6 Å². The molecule has 26 heavy (non-hydrogen) atoms. The number of anilines is 2. The highest BCUT2D eigenvalue weighted by molar-refractivity contribution is 7.80. The van der Waals surface area contributed by atoms with Crippen LogP contribution in [0.1, 0.15) is 25.1 Å². The highest BCUT2D eigenvalue weighted by Gasteiger charge is 2.15. The number of rotatable bonds is 3. The van der Waals surface area contributed by atoms with Crippen molar-refractivity contribution in [2.45, 2.75) is 32.2 Å². The average Bonchev–Trinajstić information content (AvgIpc) is 2.91. The van der Waals surface area contributed by atoms with Crippen molar-refractivity contribution < 1.29 is 0 Å². The summed E-state index contributed by atoms with van der Waals surface area (Å²) < 4.78 is 2.25. The molecule has 3 aromatic rings. The Morgan fingerprint density at radius 2 is 1.81 bits per heavy atom. The third-order valence-corrected chi connectivity index (χ3v) is 4.63. The van der Waals surface area contributed by atoms with E-state index in [4.69, 9.17) is 12.2 Å². The van der Waals surface area contributed by atoms with E-state index in [0.717, 1.165) is 41.6 Å². The van der Waals surface area contributed by atoms with Crippen LogP contribution in [0.15, 0.2) is 48.8 Å². The van der Waals surface area contributed by atoms with Gasteiger partial charge in [-0.15, -0.1) is 10.2 Å². The van der Waals surface area contributed by atoms with E-state index >= 15 is 0 Å². The Hall–Kier alpha value is -2.80. The molecule has 0 bridgehead atoms. The first-order valence-corrected chi connectivity index (χ1v) is 9.21. The molecule has 0 unspecified atom stereocenters. The first-order chi connectivity index (χ1) is 12.8. The predicted octanol–water partition coefficient (Wildman–Crippen LogP) is 3.88. The fourth-order valence-corrected chi connectivity index (χ4v) is 3.37. The van der Waals surface area contributed by atoms with Gasteiger partial charge in [-0.3, -0.25) is 4.98 Å². The van der Waals surface area contributed by atoms with E-state index in [2.05, 4.69) is 42.5 Å². The molecule has 6 nitrogen and oxygen atoms in total. The number of aryl methyl sites for hydroxylation is 1. The summed E-state index contributed by atoms with van der Waals surface area (Å²) in [4.78, 5) is 4.06. The molecule has 7 heteroatoms. The zero-order valence-corrected chi connectivity index (χ0v) is 15.2. The van der Waals surface area contributed by atoms with Crippen LogP contribution >= 0.6 is 12.2 Å². The molecule has 132 valence electrons. The van der Waals surface area contributed by atoms with Crippen molar-refractivity contribution in [2.24, 2.45) is 0 Å². The number of thiocarbonyl (C=S) groups is 1. The molecular formula is C19H20N6S. The molecule has 0 atom stereocenters. The van der Waals surface area contributed by atoms with Gasteiger partial charge in [0.15, 0.2) is 10.9 Å². The molecule has 0 fully saturated rings. The van der Waals surface area contributed by atoms with Crippen molar-refractivity contribution in [1.29, 1.82) is 0 Å². The van der Waals surface area contributed by atoms with E-state index in [-0.39, 0.29) is 0 Å². The summed E-state index contributed by atoms with van der Waals surface area (Å²) in [5.41, 5.74) is 2.85. The minimum absolute atomic E-state index is 0.530. The summed E-state index contributed by atoms with van der Waals surface area (Å²) in [7, 11) is 0. The van der Waals surface area contributed by atoms with Crippen LogP contribution in [0.4, 0.5) is 11.4 Å². The van der Waals surface area contributed by atoms with Crippen molar-refractivity contribution in [3.63, 3.8) is 0 Å². The second-order valence-electron chi connectivity index (χ2n) is 6.30. The Labute approximate surface area is 157 Å². The van der Waals surface area contributed by atoms with Crippen molar-refractivity contribution in [1.82, 2.24) is 19.7 Å². The van der Waals surface area contributed by atoms with Crippen LogP contribution in [-0.2, 0) is 13.0 Å². The Bertz CT molecular complexity index is 888. The summed E-state index contributed by atoms with van der Waals surface area (Å²) in [5.74, 6) is 2.05. The Morgan fingerprint density at radius 1 is 0.962 bits per heavy atom. The van der Waals surface area contributed by atoms with E-state index in [0.29, 0.717) is 5.11 Å². The van der Waals surface area contributed by atoms with Gasteiger partial charge in [-0.1, -0.05) is 6.42 Å². The predicted molar refractivity (Wildman–Crippen MR) is 107 cm³/mol. The second-order valence-corrected chi connectivity index (χ2v) is 6.71. The largest absolute Gasteiger partial charge is 0.332 e. The van der Waals surface area contributed by atoms with Crippen LogP contribution in [0.25, 0.3) is 11.4 Å². The topological polar surface area (TPSA) is 67.7 Å². The van der Waals surface area contributed by atoms with E-state index in [9.17, 15) is 0 Å². The van der Waals surface area contributed by atoms with Crippen LogP contribution in [0.3, 0.4) is 0 Å². The summed E-state index contributed by atoms with van der Waals surface area (Å²) in [6.07, 6.45) is 8.11. The first kappa shape index (κ1) is 16.7. The van der Waals surface area contributed by atoms with Crippen LogP contribution in [-0.4, -0.2) is 24.9 Å². The van der Waals surface area contributed by atoms with E-state index in [1.165, 1.54) is 19.3 Å². The number of benzene rings is 1. The van der Waals surface area contributed by atoms with Gasteiger partial charge in [0.2, 0.25) is 0 Å². The van der Waals surface area contributed by atoms with Gasteiger partial charge in [0.1, 0.15) is 5.82 Å². The van der Waals surface area contributed by atoms with Crippen LogP contribution in [0.2, 0.25) is 0 Å². The lowest BCUT2D eigenvalue weighted by Gasteiger charge is -2.11. The summed E-state index contributed by atoms with van der Waals surface area (Å²) in [5, 5.41) is 15.6. The smallest absolute Gasteiger partial charge is 0.175 e. The minimum Gasteiger partial charge on any atom is -0.332 e. The molecular weight excluding hydrogens is 344 g/mol. The molecule has 0 saturated heterocycles. The van der Waals surface area contributed by atoms with E-state index < -0.39 is 0 Å². The molecule has 0 radical (unpaired) electrons.